The minimum atomic E-state index is -1.01. The number of carboxylic acids is 1. The third kappa shape index (κ3) is 2.73. The first-order chi connectivity index (χ1) is 10.1. The van der Waals surface area contributed by atoms with Crippen LogP contribution in [-0.4, -0.2) is 47.5 Å². The van der Waals surface area contributed by atoms with Crippen LogP contribution >= 0.6 is 0 Å². The van der Waals surface area contributed by atoms with E-state index >= 15 is 0 Å². The highest BCUT2D eigenvalue weighted by atomic mass is 16.5. The summed E-state index contributed by atoms with van der Waals surface area (Å²) in [6.07, 6.45) is 1.61. The van der Waals surface area contributed by atoms with Crippen molar-refractivity contribution < 1.29 is 19.2 Å². The van der Waals surface area contributed by atoms with Crippen LogP contribution in [0.25, 0.3) is 11.3 Å². The number of pyridine rings is 1. The van der Waals surface area contributed by atoms with Crippen LogP contribution in [0.4, 0.5) is 5.82 Å². The zero-order valence-corrected chi connectivity index (χ0v) is 11.6. The molecule has 1 fully saturated rings. The molecule has 7 heteroatoms. The van der Waals surface area contributed by atoms with Crippen LogP contribution in [0.2, 0.25) is 0 Å². The lowest BCUT2D eigenvalue weighted by Gasteiger charge is -2.28. The van der Waals surface area contributed by atoms with E-state index in [0.29, 0.717) is 43.4 Å². The molecule has 110 valence electrons. The molecule has 1 aliphatic rings. The Hall–Kier alpha value is -2.41. The number of nitrogens with zero attached hydrogens (tertiary/aromatic N) is 3. The Balaban J connectivity index is 2.00. The monoisotopic (exact) mass is 289 g/mol. The van der Waals surface area contributed by atoms with Crippen LogP contribution in [-0.2, 0) is 4.74 Å². The Kier molecular flexibility index (Phi) is 3.57. The molecule has 1 saturated heterocycles. The second-order valence-corrected chi connectivity index (χ2v) is 4.83. The topological polar surface area (TPSA) is 88.7 Å². The number of morpholine rings is 1. The van der Waals surface area contributed by atoms with Crippen molar-refractivity contribution in [3.8, 4) is 11.3 Å². The number of aryl methyl sites for hydroxylation is 1. The van der Waals surface area contributed by atoms with Crippen molar-refractivity contribution >= 4 is 11.8 Å². The molecule has 1 N–H and O–H groups in total. The third-order valence-electron chi connectivity index (χ3n) is 3.32. The smallest absolute Gasteiger partial charge is 0.339 e. The van der Waals surface area contributed by atoms with Gasteiger partial charge in [-0.15, -0.1) is 0 Å². The van der Waals surface area contributed by atoms with E-state index in [1.54, 1.807) is 25.3 Å². The van der Waals surface area contributed by atoms with Crippen molar-refractivity contribution in [2.75, 3.05) is 31.2 Å². The van der Waals surface area contributed by atoms with Crippen molar-refractivity contribution in [2.24, 2.45) is 0 Å². The standard InChI is InChI=1S/C14H15N3O4/c1-9-6-12(21-16-9)10-7-11(14(18)19)13(15-8-10)17-2-4-20-5-3-17/h6-8H,2-5H2,1H3,(H,18,19). The zero-order chi connectivity index (χ0) is 14.8. The first-order valence-corrected chi connectivity index (χ1v) is 6.65. The summed E-state index contributed by atoms with van der Waals surface area (Å²) in [4.78, 5) is 17.7. The molecule has 21 heavy (non-hydrogen) atoms. The van der Waals surface area contributed by atoms with E-state index in [0.717, 1.165) is 5.69 Å². The van der Waals surface area contributed by atoms with Crippen LogP contribution in [0.5, 0.6) is 0 Å². The minimum absolute atomic E-state index is 0.156. The van der Waals surface area contributed by atoms with Gasteiger partial charge in [-0.05, 0) is 13.0 Å². The van der Waals surface area contributed by atoms with Gasteiger partial charge >= 0.3 is 5.97 Å². The van der Waals surface area contributed by atoms with Gasteiger partial charge in [-0.2, -0.15) is 0 Å². The van der Waals surface area contributed by atoms with Crippen LogP contribution in [0.1, 0.15) is 16.1 Å². The first kappa shape index (κ1) is 13.6. The largest absolute Gasteiger partial charge is 0.478 e. The number of anilines is 1. The van der Waals surface area contributed by atoms with Gasteiger partial charge < -0.3 is 19.3 Å². The number of aromatic nitrogens is 2. The number of ether oxygens (including phenoxy) is 1. The van der Waals surface area contributed by atoms with Crippen molar-refractivity contribution in [3.63, 3.8) is 0 Å². The molecule has 2 aromatic heterocycles. The first-order valence-electron chi connectivity index (χ1n) is 6.65. The Bertz CT molecular complexity index is 662. The quantitative estimate of drug-likeness (QED) is 0.917. The van der Waals surface area contributed by atoms with Crippen molar-refractivity contribution in [3.05, 3.63) is 29.6 Å². The van der Waals surface area contributed by atoms with Gasteiger partial charge in [0.2, 0.25) is 0 Å². The summed E-state index contributed by atoms with van der Waals surface area (Å²) < 4.78 is 10.4. The lowest BCUT2D eigenvalue weighted by Crippen LogP contribution is -2.37. The van der Waals surface area contributed by atoms with Gasteiger partial charge in [0, 0.05) is 30.9 Å². The van der Waals surface area contributed by atoms with Gasteiger partial charge in [0.15, 0.2) is 5.76 Å². The maximum Gasteiger partial charge on any atom is 0.339 e. The molecule has 3 heterocycles. The van der Waals surface area contributed by atoms with Gasteiger partial charge in [0.1, 0.15) is 11.4 Å². The second kappa shape index (κ2) is 5.53. The van der Waals surface area contributed by atoms with Crippen LogP contribution in [0.15, 0.2) is 22.9 Å². The highest BCUT2D eigenvalue weighted by molar-refractivity contribution is 5.94. The molecule has 0 amide bonds. The molecule has 7 nitrogen and oxygen atoms in total. The second-order valence-electron chi connectivity index (χ2n) is 4.83. The molecule has 0 radical (unpaired) electrons. The maximum absolute atomic E-state index is 11.5. The third-order valence-corrected chi connectivity index (χ3v) is 3.32. The Morgan fingerprint density at radius 3 is 2.71 bits per heavy atom. The van der Waals surface area contributed by atoms with Gasteiger partial charge in [0.05, 0.1) is 18.9 Å². The van der Waals surface area contributed by atoms with Gasteiger partial charge in [0.25, 0.3) is 0 Å². The molecule has 2 aromatic rings. The average Bonchev–Trinajstić information content (AvgIpc) is 2.94. The van der Waals surface area contributed by atoms with Crippen molar-refractivity contribution in [1.29, 1.82) is 0 Å². The summed E-state index contributed by atoms with van der Waals surface area (Å²) in [5.74, 6) is -0.0381. The molecular formula is C14H15N3O4. The molecular weight excluding hydrogens is 274 g/mol. The molecule has 0 unspecified atom stereocenters. The molecule has 0 atom stereocenters. The Labute approximate surface area is 121 Å². The minimum Gasteiger partial charge on any atom is -0.478 e. The van der Waals surface area contributed by atoms with E-state index in [-0.39, 0.29) is 5.56 Å². The normalized spacial score (nSPS) is 15.2. The van der Waals surface area contributed by atoms with E-state index in [1.807, 2.05) is 4.90 Å². The van der Waals surface area contributed by atoms with E-state index < -0.39 is 5.97 Å². The predicted octanol–water partition coefficient (Wildman–Crippen LogP) is 1.58. The lowest BCUT2D eigenvalue weighted by molar-refractivity contribution is 0.0696. The van der Waals surface area contributed by atoms with E-state index in [1.165, 1.54) is 0 Å². The molecule has 3 rings (SSSR count). The van der Waals surface area contributed by atoms with Crippen molar-refractivity contribution in [1.82, 2.24) is 10.1 Å². The van der Waals surface area contributed by atoms with E-state index in [9.17, 15) is 9.90 Å². The molecule has 0 saturated carbocycles. The SMILES string of the molecule is Cc1cc(-c2cnc(N3CCOCC3)c(C(=O)O)c2)on1. The summed E-state index contributed by atoms with van der Waals surface area (Å²) in [6.45, 7) is 4.22. The van der Waals surface area contributed by atoms with Gasteiger partial charge in [-0.3, -0.25) is 0 Å². The summed E-state index contributed by atoms with van der Waals surface area (Å²) in [5, 5.41) is 13.2. The molecule has 0 spiro atoms. The fraction of sp³-hybridized carbons (Fsp3) is 0.357. The molecule has 1 aliphatic heterocycles. The number of carboxylic acid groups (broad SMARTS) is 1. The number of rotatable bonds is 3. The number of hydrogen-bond acceptors (Lipinski definition) is 6. The molecule has 0 aliphatic carbocycles. The summed E-state index contributed by atoms with van der Waals surface area (Å²) in [6, 6.07) is 3.32. The molecule has 0 aromatic carbocycles. The number of aromatic carboxylic acids is 1. The Morgan fingerprint density at radius 1 is 1.33 bits per heavy atom. The lowest BCUT2D eigenvalue weighted by atomic mass is 10.1. The average molecular weight is 289 g/mol. The highest BCUT2D eigenvalue weighted by Crippen LogP contribution is 2.26. The zero-order valence-electron chi connectivity index (χ0n) is 11.6. The van der Waals surface area contributed by atoms with Gasteiger partial charge in [-0.25, -0.2) is 9.78 Å². The van der Waals surface area contributed by atoms with Crippen LogP contribution in [0, 0.1) is 6.92 Å². The van der Waals surface area contributed by atoms with Crippen LogP contribution in [0.3, 0.4) is 0 Å². The van der Waals surface area contributed by atoms with Gasteiger partial charge in [-0.1, -0.05) is 5.16 Å². The van der Waals surface area contributed by atoms with E-state index in [2.05, 4.69) is 10.1 Å². The summed E-state index contributed by atoms with van der Waals surface area (Å²) in [5.41, 5.74) is 1.49. The van der Waals surface area contributed by atoms with Crippen LogP contribution < -0.4 is 4.90 Å². The fourth-order valence-electron chi connectivity index (χ4n) is 2.28. The van der Waals surface area contributed by atoms with Crippen molar-refractivity contribution in [2.45, 2.75) is 6.92 Å². The van der Waals surface area contributed by atoms with E-state index in [4.69, 9.17) is 9.26 Å². The maximum atomic E-state index is 11.5. The summed E-state index contributed by atoms with van der Waals surface area (Å²) in [7, 11) is 0. The Morgan fingerprint density at radius 2 is 2.10 bits per heavy atom. The summed E-state index contributed by atoms with van der Waals surface area (Å²) >= 11 is 0. The fourth-order valence-corrected chi connectivity index (χ4v) is 2.28. The number of carbonyl (C=O) groups is 1. The predicted molar refractivity (Wildman–Crippen MR) is 74.5 cm³/mol. The highest BCUT2D eigenvalue weighted by Gasteiger charge is 2.21. The number of hydrogen-bond donors (Lipinski definition) is 1. The molecule has 0 bridgehead atoms.